The Morgan fingerprint density at radius 1 is 1.20 bits per heavy atom. The number of hydrogen-bond donors (Lipinski definition) is 2. The normalized spacial score (nSPS) is 29.9. The number of ether oxygens (including phenoxy) is 1. The van der Waals surface area contributed by atoms with Gasteiger partial charge < -0.3 is 15.4 Å². The van der Waals surface area contributed by atoms with E-state index in [1.54, 1.807) is 0 Å². The van der Waals surface area contributed by atoms with Crippen molar-refractivity contribution in [3.05, 3.63) is 0 Å². The highest BCUT2D eigenvalue weighted by Crippen LogP contribution is 2.48. The molecule has 3 rings (SSSR count). The summed E-state index contributed by atoms with van der Waals surface area (Å²) >= 11 is 0. The lowest BCUT2D eigenvalue weighted by molar-refractivity contribution is -0.125. The standard InChI is InChI=1S/C16H28N2O2/c1-2-7-17-15-10-20-9-14(15)16(19)18-8-13(11-3-4-11)12-5-6-12/h11-15,17H,2-10H2,1H3,(H,18,19). The van der Waals surface area contributed by atoms with Gasteiger partial charge in [-0.25, -0.2) is 0 Å². The van der Waals surface area contributed by atoms with Crippen LogP contribution < -0.4 is 10.6 Å². The molecule has 1 aliphatic heterocycles. The van der Waals surface area contributed by atoms with E-state index in [1.165, 1.54) is 25.7 Å². The molecule has 20 heavy (non-hydrogen) atoms. The Hall–Kier alpha value is -0.610. The molecule has 2 unspecified atom stereocenters. The topological polar surface area (TPSA) is 50.4 Å². The molecule has 0 aromatic heterocycles. The molecule has 4 nitrogen and oxygen atoms in total. The van der Waals surface area contributed by atoms with Crippen LogP contribution in [0.4, 0.5) is 0 Å². The minimum atomic E-state index is 0.000561. The molecule has 3 fully saturated rings. The Labute approximate surface area is 122 Å². The molecule has 1 heterocycles. The van der Waals surface area contributed by atoms with Gasteiger partial charge in [-0.1, -0.05) is 6.92 Å². The zero-order valence-corrected chi connectivity index (χ0v) is 12.6. The van der Waals surface area contributed by atoms with Gasteiger partial charge in [0.15, 0.2) is 0 Å². The van der Waals surface area contributed by atoms with Crippen LogP contribution in [0.2, 0.25) is 0 Å². The molecule has 0 aromatic carbocycles. The quantitative estimate of drug-likeness (QED) is 0.709. The van der Waals surface area contributed by atoms with Crippen molar-refractivity contribution in [1.82, 2.24) is 10.6 Å². The van der Waals surface area contributed by atoms with Gasteiger partial charge >= 0.3 is 0 Å². The number of nitrogens with one attached hydrogen (secondary N) is 2. The summed E-state index contributed by atoms with van der Waals surface area (Å²) in [7, 11) is 0. The Morgan fingerprint density at radius 3 is 2.50 bits per heavy atom. The molecule has 3 aliphatic rings. The van der Waals surface area contributed by atoms with E-state index in [4.69, 9.17) is 4.74 Å². The fraction of sp³-hybridized carbons (Fsp3) is 0.938. The zero-order valence-electron chi connectivity index (χ0n) is 12.6. The van der Waals surface area contributed by atoms with E-state index in [9.17, 15) is 4.79 Å². The van der Waals surface area contributed by atoms with Crippen molar-refractivity contribution in [2.24, 2.45) is 23.7 Å². The monoisotopic (exact) mass is 280 g/mol. The lowest BCUT2D eigenvalue weighted by atomic mass is 9.97. The fourth-order valence-electron chi connectivity index (χ4n) is 3.46. The van der Waals surface area contributed by atoms with Crippen LogP contribution in [0.15, 0.2) is 0 Å². The van der Waals surface area contributed by atoms with Crippen LogP contribution in [0.1, 0.15) is 39.0 Å². The molecule has 1 amide bonds. The molecular formula is C16H28N2O2. The first-order valence-corrected chi connectivity index (χ1v) is 8.38. The fourth-order valence-corrected chi connectivity index (χ4v) is 3.46. The maximum atomic E-state index is 12.4. The number of amides is 1. The van der Waals surface area contributed by atoms with E-state index in [-0.39, 0.29) is 17.9 Å². The maximum Gasteiger partial charge on any atom is 0.227 e. The molecule has 0 spiro atoms. The lowest BCUT2D eigenvalue weighted by Gasteiger charge is -2.21. The van der Waals surface area contributed by atoms with Crippen LogP contribution in [-0.2, 0) is 9.53 Å². The van der Waals surface area contributed by atoms with E-state index >= 15 is 0 Å². The van der Waals surface area contributed by atoms with Crippen LogP contribution in [0.5, 0.6) is 0 Å². The van der Waals surface area contributed by atoms with Gasteiger partial charge in [-0.3, -0.25) is 4.79 Å². The third-order valence-electron chi connectivity index (χ3n) is 5.04. The summed E-state index contributed by atoms with van der Waals surface area (Å²) in [5.41, 5.74) is 0. The van der Waals surface area contributed by atoms with Gasteiger partial charge in [-0.05, 0) is 56.4 Å². The average Bonchev–Trinajstić information content (AvgIpc) is 3.37. The van der Waals surface area contributed by atoms with Crippen molar-refractivity contribution in [2.45, 2.75) is 45.1 Å². The van der Waals surface area contributed by atoms with E-state index in [0.717, 1.165) is 37.3 Å². The second-order valence-electron chi connectivity index (χ2n) is 6.79. The SMILES string of the molecule is CCCNC1COCC1C(=O)NCC(C1CC1)C1CC1. The van der Waals surface area contributed by atoms with E-state index in [2.05, 4.69) is 17.6 Å². The predicted octanol–water partition coefficient (Wildman–Crippen LogP) is 1.55. The van der Waals surface area contributed by atoms with Gasteiger partial charge in [0.2, 0.25) is 5.91 Å². The lowest BCUT2D eigenvalue weighted by Crippen LogP contribution is -2.45. The smallest absolute Gasteiger partial charge is 0.227 e. The van der Waals surface area contributed by atoms with E-state index in [1.807, 2.05) is 0 Å². The third kappa shape index (κ3) is 3.53. The molecule has 4 heteroatoms. The van der Waals surface area contributed by atoms with Gasteiger partial charge in [0.05, 0.1) is 19.1 Å². The second kappa shape index (κ2) is 6.44. The number of rotatable bonds is 8. The van der Waals surface area contributed by atoms with Gasteiger partial charge in [-0.2, -0.15) is 0 Å². The summed E-state index contributed by atoms with van der Waals surface area (Å²) < 4.78 is 5.49. The molecule has 0 bridgehead atoms. The van der Waals surface area contributed by atoms with Crippen molar-refractivity contribution in [1.29, 1.82) is 0 Å². The Bertz CT molecular complexity index is 327. The molecule has 2 atom stereocenters. The van der Waals surface area contributed by atoms with Crippen LogP contribution >= 0.6 is 0 Å². The second-order valence-corrected chi connectivity index (χ2v) is 6.79. The zero-order chi connectivity index (χ0) is 13.9. The molecule has 114 valence electrons. The first-order chi connectivity index (χ1) is 9.79. The van der Waals surface area contributed by atoms with Crippen molar-refractivity contribution < 1.29 is 9.53 Å². The summed E-state index contributed by atoms with van der Waals surface area (Å²) in [4.78, 5) is 12.4. The summed E-state index contributed by atoms with van der Waals surface area (Å²) in [5.74, 6) is 2.75. The van der Waals surface area contributed by atoms with Crippen molar-refractivity contribution >= 4 is 5.91 Å². The van der Waals surface area contributed by atoms with E-state index < -0.39 is 0 Å². The predicted molar refractivity (Wildman–Crippen MR) is 78.3 cm³/mol. The average molecular weight is 280 g/mol. The molecule has 0 aromatic rings. The van der Waals surface area contributed by atoms with E-state index in [0.29, 0.717) is 13.2 Å². The Morgan fingerprint density at radius 2 is 1.90 bits per heavy atom. The molecular weight excluding hydrogens is 252 g/mol. The van der Waals surface area contributed by atoms with Crippen molar-refractivity contribution in [3.63, 3.8) is 0 Å². The largest absolute Gasteiger partial charge is 0.379 e. The summed E-state index contributed by atoms with van der Waals surface area (Å²) in [6.07, 6.45) is 6.61. The molecule has 2 N–H and O–H groups in total. The molecule has 2 aliphatic carbocycles. The minimum absolute atomic E-state index is 0.000561. The number of carbonyl (C=O) groups is 1. The molecule has 2 saturated carbocycles. The molecule has 1 saturated heterocycles. The van der Waals surface area contributed by atoms with Crippen LogP contribution in [0.3, 0.4) is 0 Å². The van der Waals surface area contributed by atoms with Crippen molar-refractivity contribution in [3.8, 4) is 0 Å². The van der Waals surface area contributed by atoms with Crippen molar-refractivity contribution in [2.75, 3.05) is 26.3 Å². The Balaban J connectivity index is 1.45. The van der Waals surface area contributed by atoms with Gasteiger partial charge in [0, 0.05) is 12.6 Å². The minimum Gasteiger partial charge on any atom is -0.379 e. The Kier molecular flexibility index (Phi) is 4.61. The maximum absolute atomic E-state index is 12.4. The molecule has 0 radical (unpaired) electrons. The number of carbonyl (C=O) groups excluding carboxylic acids is 1. The number of hydrogen-bond acceptors (Lipinski definition) is 3. The first-order valence-electron chi connectivity index (χ1n) is 8.38. The summed E-state index contributed by atoms with van der Waals surface area (Å²) in [6, 6.07) is 0.204. The summed E-state index contributed by atoms with van der Waals surface area (Å²) in [5, 5.41) is 6.65. The van der Waals surface area contributed by atoms with Gasteiger partial charge in [0.25, 0.3) is 0 Å². The van der Waals surface area contributed by atoms with Crippen LogP contribution in [0.25, 0.3) is 0 Å². The highest BCUT2D eigenvalue weighted by atomic mass is 16.5. The highest BCUT2D eigenvalue weighted by Gasteiger charge is 2.42. The summed E-state index contributed by atoms with van der Waals surface area (Å²) in [6.45, 7) is 5.25. The third-order valence-corrected chi connectivity index (χ3v) is 5.04. The highest BCUT2D eigenvalue weighted by molar-refractivity contribution is 5.79. The van der Waals surface area contributed by atoms with Gasteiger partial charge in [-0.15, -0.1) is 0 Å². The first kappa shape index (κ1) is 14.3. The van der Waals surface area contributed by atoms with Gasteiger partial charge in [0.1, 0.15) is 0 Å². The van der Waals surface area contributed by atoms with Crippen LogP contribution in [0, 0.1) is 23.7 Å². The van der Waals surface area contributed by atoms with Crippen LogP contribution in [-0.4, -0.2) is 38.3 Å².